The molecule has 0 N–H and O–H groups in total. The van der Waals surface area contributed by atoms with Crippen molar-refractivity contribution < 1.29 is 14.5 Å². The maximum Gasteiger partial charge on any atom is 0.288 e. The molecule has 0 atom stereocenters. The summed E-state index contributed by atoms with van der Waals surface area (Å²) in [5.74, 6) is 0.535. The Labute approximate surface area is 192 Å². The van der Waals surface area contributed by atoms with Gasteiger partial charge in [-0.3, -0.25) is 14.9 Å². The van der Waals surface area contributed by atoms with E-state index in [0.717, 1.165) is 29.8 Å². The third kappa shape index (κ3) is 5.68. The Kier molecular flexibility index (Phi) is 7.89. The summed E-state index contributed by atoms with van der Waals surface area (Å²) in [7, 11) is 1.64. The van der Waals surface area contributed by atoms with Crippen LogP contribution in [0.3, 0.4) is 0 Å². The quantitative estimate of drug-likeness (QED) is 0.296. The number of rotatable bonds is 10. The third-order valence-corrected chi connectivity index (χ3v) is 5.54. The monoisotopic (exact) mass is 455 g/mol. The molecule has 0 saturated heterocycles. The SMILES string of the molecule is CCCCN(Cc1cccn1Cc1cccc(OC)c1)C(=O)c1ccc(Cl)c([N+](=O)[O-])c1. The fraction of sp³-hybridized carbons (Fsp3) is 0.292. The first-order valence-corrected chi connectivity index (χ1v) is 10.8. The number of ether oxygens (including phenoxy) is 1. The minimum Gasteiger partial charge on any atom is -0.497 e. The van der Waals surface area contributed by atoms with Crippen molar-refractivity contribution in [3.8, 4) is 5.75 Å². The lowest BCUT2D eigenvalue weighted by molar-refractivity contribution is -0.384. The highest BCUT2D eigenvalue weighted by atomic mass is 35.5. The van der Waals surface area contributed by atoms with Crippen LogP contribution in [-0.4, -0.2) is 34.0 Å². The van der Waals surface area contributed by atoms with Crippen LogP contribution in [0, 0.1) is 10.1 Å². The maximum absolute atomic E-state index is 13.3. The van der Waals surface area contributed by atoms with Gasteiger partial charge in [0.05, 0.1) is 18.6 Å². The molecule has 7 nitrogen and oxygen atoms in total. The Morgan fingerprint density at radius 3 is 2.72 bits per heavy atom. The van der Waals surface area contributed by atoms with Gasteiger partial charge in [-0.15, -0.1) is 0 Å². The summed E-state index contributed by atoms with van der Waals surface area (Å²) >= 11 is 5.91. The standard InChI is InChI=1S/C24H26ClN3O4/c1-3-4-12-27(24(29)19-10-11-22(25)23(15-19)28(30)31)17-20-8-6-13-26(20)16-18-7-5-9-21(14-18)32-2/h5-11,13-15H,3-4,12,16-17H2,1-2H3. The van der Waals surface area contributed by atoms with E-state index < -0.39 is 4.92 Å². The lowest BCUT2D eigenvalue weighted by atomic mass is 10.1. The zero-order valence-corrected chi connectivity index (χ0v) is 18.9. The second-order valence-corrected chi connectivity index (χ2v) is 7.89. The summed E-state index contributed by atoms with van der Waals surface area (Å²) in [6, 6.07) is 16.0. The first-order valence-electron chi connectivity index (χ1n) is 10.4. The van der Waals surface area contributed by atoms with E-state index in [9.17, 15) is 14.9 Å². The van der Waals surface area contributed by atoms with E-state index in [-0.39, 0.29) is 22.2 Å². The smallest absolute Gasteiger partial charge is 0.288 e. The molecule has 0 bridgehead atoms. The van der Waals surface area contributed by atoms with E-state index in [1.54, 1.807) is 12.0 Å². The van der Waals surface area contributed by atoms with Crippen LogP contribution in [-0.2, 0) is 13.1 Å². The highest BCUT2D eigenvalue weighted by Gasteiger charge is 2.21. The number of benzene rings is 2. The van der Waals surface area contributed by atoms with Crippen LogP contribution in [0.4, 0.5) is 5.69 Å². The first-order chi connectivity index (χ1) is 15.4. The van der Waals surface area contributed by atoms with Crippen LogP contribution < -0.4 is 4.74 Å². The number of aromatic nitrogens is 1. The lowest BCUT2D eigenvalue weighted by Gasteiger charge is -2.24. The van der Waals surface area contributed by atoms with Gasteiger partial charge in [-0.2, -0.15) is 0 Å². The minimum atomic E-state index is -0.575. The van der Waals surface area contributed by atoms with E-state index in [2.05, 4.69) is 11.5 Å². The summed E-state index contributed by atoms with van der Waals surface area (Å²) in [5, 5.41) is 11.3. The van der Waals surface area contributed by atoms with Crippen LogP contribution in [0.1, 0.15) is 41.4 Å². The van der Waals surface area contributed by atoms with E-state index >= 15 is 0 Å². The van der Waals surface area contributed by atoms with E-state index in [1.807, 2.05) is 42.6 Å². The fourth-order valence-corrected chi connectivity index (χ4v) is 3.67. The number of carbonyl (C=O) groups is 1. The minimum absolute atomic E-state index is 0.0128. The second-order valence-electron chi connectivity index (χ2n) is 7.48. The number of nitro benzene ring substituents is 1. The molecule has 2 aromatic carbocycles. The van der Waals surface area contributed by atoms with E-state index in [1.165, 1.54) is 18.2 Å². The fourth-order valence-electron chi connectivity index (χ4n) is 3.48. The molecule has 32 heavy (non-hydrogen) atoms. The summed E-state index contributed by atoms with van der Waals surface area (Å²) < 4.78 is 7.40. The van der Waals surface area contributed by atoms with Crippen LogP contribution in [0.5, 0.6) is 5.75 Å². The second kappa shape index (κ2) is 10.8. The van der Waals surface area contributed by atoms with Crippen molar-refractivity contribution in [3.05, 3.63) is 92.8 Å². The number of hydrogen-bond donors (Lipinski definition) is 0. The van der Waals surface area contributed by atoms with Gasteiger partial charge in [0.15, 0.2) is 0 Å². The van der Waals surface area contributed by atoms with Gasteiger partial charge in [-0.25, -0.2) is 0 Å². The predicted octanol–water partition coefficient (Wildman–Crippen LogP) is 5.55. The van der Waals surface area contributed by atoms with Gasteiger partial charge >= 0.3 is 0 Å². The molecular weight excluding hydrogens is 430 g/mol. The van der Waals surface area contributed by atoms with Gasteiger partial charge in [0.2, 0.25) is 0 Å². The molecule has 0 unspecified atom stereocenters. The van der Waals surface area contributed by atoms with Crippen LogP contribution >= 0.6 is 11.6 Å². The van der Waals surface area contributed by atoms with Crippen molar-refractivity contribution in [1.82, 2.24) is 9.47 Å². The summed E-state index contributed by atoms with van der Waals surface area (Å²) in [4.78, 5) is 25.6. The molecule has 1 amide bonds. The van der Waals surface area contributed by atoms with Crippen molar-refractivity contribution in [1.29, 1.82) is 0 Å². The molecule has 8 heteroatoms. The number of carbonyl (C=O) groups excluding carboxylic acids is 1. The molecule has 0 fully saturated rings. The molecule has 3 rings (SSSR count). The molecule has 0 saturated carbocycles. The Hall–Kier alpha value is -3.32. The average Bonchev–Trinajstić information content (AvgIpc) is 3.22. The number of methoxy groups -OCH3 is 1. The highest BCUT2D eigenvalue weighted by molar-refractivity contribution is 6.32. The van der Waals surface area contributed by atoms with Crippen molar-refractivity contribution in [2.45, 2.75) is 32.9 Å². The number of halogens is 1. The molecule has 0 radical (unpaired) electrons. The predicted molar refractivity (Wildman–Crippen MR) is 124 cm³/mol. The molecule has 3 aromatic rings. The summed E-state index contributed by atoms with van der Waals surface area (Å²) in [5.41, 5.74) is 2.04. The number of hydrogen-bond acceptors (Lipinski definition) is 4. The number of nitrogens with zero attached hydrogens (tertiary/aromatic N) is 3. The Balaban J connectivity index is 1.84. The summed E-state index contributed by atoms with van der Waals surface area (Å²) in [6.45, 7) is 3.64. The molecule has 0 aliphatic heterocycles. The Bertz CT molecular complexity index is 1100. The first kappa shape index (κ1) is 23.3. The molecule has 168 valence electrons. The van der Waals surface area contributed by atoms with Gasteiger partial charge < -0.3 is 14.2 Å². The van der Waals surface area contributed by atoms with Gasteiger partial charge in [-0.1, -0.05) is 37.1 Å². The molecule has 1 heterocycles. The molecule has 0 aliphatic rings. The van der Waals surface area contributed by atoms with Crippen LogP contribution in [0.2, 0.25) is 5.02 Å². The van der Waals surface area contributed by atoms with Gasteiger partial charge in [-0.05, 0) is 48.4 Å². The Morgan fingerprint density at radius 2 is 2.00 bits per heavy atom. The van der Waals surface area contributed by atoms with E-state index in [0.29, 0.717) is 19.6 Å². The lowest BCUT2D eigenvalue weighted by Crippen LogP contribution is -2.32. The topological polar surface area (TPSA) is 77.6 Å². The average molecular weight is 456 g/mol. The van der Waals surface area contributed by atoms with Gasteiger partial charge in [0.1, 0.15) is 10.8 Å². The normalized spacial score (nSPS) is 10.7. The zero-order chi connectivity index (χ0) is 23.1. The molecular formula is C24H26ClN3O4. The summed E-state index contributed by atoms with van der Waals surface area (Å²) in [6.07, 6.45) is 3.73. The van der Waals surface area contributed by atoms with Crippen molar-refractivity contribution in [3.63, 3.8) is 0 Å². The Morgan fingerprint density at radius 1 is 1.19 bits per heavy atom. The van der Waals surface area contributed by atoms with Gasteiger partial charge in [0, 0.05) is 36.6 Å². The molecule has 0 aliphatic carbocycles. The van der Waals surface area contributed by atoms with Crippen LogP contribution in [0.15, 0.2) is 60.8 Å². The number of unbranched alkanes of at least 4 members (excludes halogenated alkanes) is 1. The van der Waals surface area contributed by atoms with Crippen molar-refractivity contribution >= 4 is 23.2 Å². The van der Waals surface area contributed by atoms with Crippen molar-refractivity contribution in [2.24, 2.45) is 0 Å². The number of amides is 1. The van der Waals surface area contributed by atoms with Crippen molar-refractivity contribution in [2.75, 3.05) is 13.7 Å². The zero-order valence-electron chi connectivity index (χ0n) is 18.2. The van der Waals surface area contributed by atoms with Gasteiger partial charge in [0.25, 0.3) is 11.6 Å². The van der Waals surface area contributed by atoms with Crippen LogP contribution in [0.25, 0.3) is 0 Å². The highest BCUT2D eigenvalue weighted by Crippen LogP contribution is 2.26. The largest absolute Gasteiger partial charge is 0.497 e. The molecule has 1 aromatic heterocycles. The third-order valence-electron chi connectivity index (χ3n) is 5.22. The number of nitro groups is 1. The maximum atomic E-state index is 13.3. The molecule has 0 spiro atoms. The van der Waals surface area contributed by atoms with E-state index in [4.69, 9.17) is 16.3 Å².